The molecule has 1 unspecified atom stereocenters. The highest BCUT2D eigenvalue weighted by molar-refractivity contribution is 6.00. The number of nitrogens with one attached hydrogen (secondary N) is 1. The number of rotatable bonds is 6. The smallest absolute Gasteiger partial charge is 0.227 e. The zero-order valence-corrected chi connectivity index (χ0v) is 11.7. The number of nitrogens with zero attached hydrogens (tertiary/aromatic N) is 1. The van der Waals surface area contributed by atoms with Crippen LogP contribution in [0.5, 0.6) is 0 Å². The third-order valence-electron chi connectivity index (χ3n) is 3.39. The lowest BCUT2D eigenvalue weighted by atomic mass is 10.1. The van der Waals surface area contributed by atoms with Crippen LogP contribution in [0.2, 0.25) is 0 Å². The molecule has 2 amide bonds. The number of benzene rings is 1. The fourth-order valence-electron chi connectivity index (χ4n) is 2.31. The molecule has 1 aliphatic heterocycles. The Hall–Kier alpha value is -1.88. The molecule has 5 heteroatoms. The lowest BCUT2D eigenvalue weighted by Gasteiger charge is -2.16. The summed E-state index contributed by atoms with van der Waals surface area (Å²) < 4.78 is 4.93. The van der Waals surface area contributed by atoms with E-state index in [4.69, 9.17) is 4.74 Å². The number of para-hydroxylation sites is 1. The van der Waals surface area contributed by atoms with Crippen molar-refractivity contribution in [3.05, 3.63) is 30.3 Å². The van der Waals surface area contributed by atoms with Gasteiger partial charge in [-0.15, -0.1) is 0 Å². The van der Waals surface area contributed by atoms with E-state index in [1.807, 2.05) is 30.3 Å². The number of anilines is 1. The number of ether oxygens (including phenoxy) is 1. The minimum absolute atomic E-state index is 0.00763. The van der Waals surface area contributed by atoms with Gasteiger partial charge in [0.1, 0.15) is 0 Å². The fraction of sp³-hybridized carbons (Fsp3) is 0.467. The Bertz CT molecular complexity index is 461. The van der Waals surface area contributed by atoms with Crippen molar-refractivity contribution in [2.24, 2.45) is 5.92 Å². The molecule has 1 N–H and O–H groups in total. The zero-order chi connectivity index (χ0) is 14.4. The molecule has 1 fully saturated rings. The lowest BCUT2D eigenvalue weighted by Crippen LogP contribution is -2.33. The molecule has 1 aromatic carbocycles. The van der Waals surface area contributed by atoms with Crippen LogP contribution in [0, 0.1) is 5.92 Å². The third kappa shape index (κ3) is 3.57. The van der Waals surface area contributed by atoms with Crippen molar-refractivity contribution in [1.82, 2.24) is 5.32 Å². The van der Waals surface area contributed by atoms with E-state index in [9.17, 15) is 9.59 Å². The average Bonchev–Trinajstić information content (AvgIpc) is 2.86. The predicted octanol–water partition coefficient (Wildman–Crippen LogP) is 1.19. The summed E-state index contributed by atoms with van der Waals surface area (Å²) in [5.41, 5.74) is 0.854. The molecule has 0 saturated carbocycles. The monoisotopic (exact) mass is 276 g/mol. The Balaban J connectivity index is 1.87. The van der Waals surface area contributed by atoms with Crippen molar-refractivity contribution in [1.29, 1.82) is 0 Å². The topological polar surface area (TPSA) is 58.6 Å². The van der Waals surface area contributed by atoms with Gasteiger partial charge in [0.05, 0.1) is 5.92 Å². The van der Waals surface area contributed by atoms with Crippen LogP contribution in [-0.4, -0.2) is 38.6 Å². The Morgan fingerprint density at radius 2 is 2.15 bits per heavy atom. The molecule has 1 heterocycles. The van der Waals surface area contributed by atoms with Crippen LogP contribution in [0.1, 0.15) is 12.8 Å². The van der Waals surface area contributed by atoms with Crippen molar-refractivity contribution in [2.75, 3.05) is 31.7 Å². The van der Waals surface area contributed by atoms with Gasteiger partial charge in [-0.05, 0) is 18.6 Å². The summed E-state index contributed by atoms with van der Waals surface area (Å²) in [4.78, 5) is 25.7. The maximum Gasteiger partial charge on any atom is 0.227 e. The Morgan fingerprint density at radius 1 is 1.40 bits per heavy atom. The van der Waals surface area contributed by atoms with Gasteiger partial charge in [0, 0.05) is 38.9 Å². The molecule has 0 spiro atoms. The molecule has 0 bridgehead atoms. The van der Waals surface area contributed by atoms with E-state index in [1.165, 1.54) is 0 Å². The molecule has 5 nitrogen and oxygen atoms in total. The summed E-state index contributed by atoms with van der Waals surface area (Å²) in [6.07, 6.45) is 1.07. The molecule has 0 aliphatic carbocycles. The molecule has 0 radical (unpaired) electrons. The van der Waals surface area contributed by atoms with E-state index >= 15 is 0 Å². The molecular weight excluding hydrogens is 256 g/mol. The highest BCUT2D eigenvalue weighted by Crippen LogP contribution is 2.24. The summed E-state index contributed by atoms with van der Waals surface area (Å²) in [7, 11) is 1.63. The largest absolute Gasteiger partial charge is 0.385 e. The van der Waals surface area contributed by atoms with Crippen molar-refractivity contribution >= 4 is 17.5 Å². The molecule has 2 rings (SSSR count). The van der Waals surface area contributed by atoms with Gasteiger partial charge in [0.15, 0.2) is 0 Å². The van der Waals surface area contributed by atoms with Gasteiger partial charge in [-0.1, -0.05) is 18.2 Å². The van der Waals surface area contributed by atoms with E-state index in [0.717, 1.165) is 12.1 Å². The third-order valence-corrected chi connectivity index (χ3v) is 3.39. The number of carbonyl (C=O) groups is 2. The first-order chi connectivity index (χ1) is 9.72. The number of hydrogen-bond donors (Lipinski definition) is 1. The number of hydrogen-bond acceptors (Lipinski definition) is 3. The first-order valence-corrected chi connectivity index (χ1v) is 6.84. The second-order valence-electron chi connectivity index (χ2n) is 4.88. The van der Waals surface area contributed by atoms with Gasteiger partial charge in [0.2, 0.25) is 11.8 Å². The van der Waals surface area contributed by atoms with Crippen molar-refractivity contribution in [2.45, 2.75) is 12.8 Å². The average molecular weight is 276 g/mol. The van der Waals surface area contributed by atoms with E-state index in [-0.39, 0.29) is 24.2 Å². The van der Waals surface area contributed by atoms with Crippen molar-refractivity contribution < 1.29 is 14.3 Å². The van der Waals surface area contributed by atoms with Gasteiger partial charge >= 0.3 is 0 Å². The molecular formula is C15H20N2O3. The fourth-order valence-corrected chi connectivity index (χ4v) is 2.31. The Kier molecular flexibility index (Phi) is 5.12. The van der Waals surface area contributed by atoms with Crippen LogP contribution in [-0.2, 0) is 14.3 Å². The molecule has 0 aromatic heterocycles. The molecule has 1 saturated heterocycles. The van der Waals surface area contributed by atoms with Gasteiger partial charge in [-0.3, -0.25) is 9.59 Å². The van der Waals surface area contributed by atoms with Crippen LogP contribution in [0.3, 0.4) is 0 Å². The first kappa shape index (κ1) is 14.5. The predicted molar refractivity (Wildman–Crippen MR) is 76.4 cm³/mol. The second-order valence-corrected chi connectivity index (χ2v) is 4.88. The maximum absolute atomic E-state index is 12.0. The summed E-state index contributed by atoms with van der Waals surface area (Å²) >= 11 is 0. The van der Waals surface area contributed by atoms with Crippen LogP contribution < -0.4 is 10.2 Å². The minimum Gasteiger partial charge on any atom is -0.385 e. The molecule has 20 heavy (non-hydrogen) atoms. The first-order valence-electron chi connectivity index (χ1n) is 6.84. The second kappa shape index (κ2) is 7.05. The van der Waals surface area contributed by atoms with E-state index in [1.54, 1.807) is 12.0 Å². The zero-order valence-electron chi connectivity index (χ0n) is 11.7. The van der Waals surface area contributed by atoms with Crippen LogP contribution in [0.4, 0.5) is 5.69 Å². The van der Waals surface area contributed by atoms with Gasteiger partial charge in [-0.25, -0.2) is 0 Å². The SMILES string of the molecule is COCCCNC(=O)C1CC(=O)N(c2ccccc2)C1. The van der Waals surface area contributed by atoms with Crippen molar-refractivity contribution in [3.8, 4) is 0 Å². The van der Waals surface area contributed by atoms with E-state index < -0.39 is 0 Å². The van der Waals surface area contributed by atoms with E-state index in [0.29, 0.717) is 19.7 Å². The van der Waals surface area contributed by atoms with Crippen LogP contribution in [0.15, 0.2) is 30.3 Å². The summed E-state index contributed by atoms with van der Waals surface area (Å²) in [5.74, 6) is -0.300. The van der Waals surface area contributed by atoms with E-state index in [2.05, 4.69) is 5.32 Å². The maximum atomic E-state index is 12.0. The number of amides is 2. The van der Waals surface area contributed by atoms with Gasteiger partial charge in [0.25, 0.3) is 0 Å². The minimum atomic E-state index is -0.259. The summed E-state index contributed by atoms with van der Waals surface area (Å²) in [6.45, 7) is 1.67. The quantitative estimate of drug-likeness (QED) is 0.794. The normalized spacial score (nSPS) is 18.4. The number of carbonyl (C=O) groups excluding carboxylic acids is 2. The molecule has 1 atom stereocenters. The highest BCUT2D eigenvalue weighted by Gasteiger charge is 2.34. The summed E-state index contributed by atoms with van der Waals surface area (Å²) in [5, 5.41) is 2.85. The lowest BCUT2D eigenvalue weighted by molar-refractivity contribution is -0.126. The number of methoxy groups -OCH3 is 1. The van der Waals surface area contributed by atoms with Gasteiger partial charge < -0.3 is 15.0 Å². The summed E-state index contributed by atoms with van der Waals surface area (Å²) in [6, 6.07) is 9.46. The highest BCUT2D eigenvalue weighted by atomic mass is 16.5. The van der Waals surface area contributed by atoms with Gasteiger partial charge in [-0.2, -0.15) is 0 Å². The van der Waals surface area contributed by atoms with Crippen molar-refractivity contribution in [3.63, 3.8) is 0 Å². The van der Waals surface area contributed by atoms with Crippen LogP contribution >= 0.6 is 0 Å². The standard InChI is InChI=1S/C15H20N2O3/c1-20-9-5-8-16-15(19)12-10-14(18)17(11-12)13-6-3-2-4-7-13/h2-4,6-7,12H,5,8-11H2,1H3,(H,16,19). The molecule has 108 valence electrons. The Morgan fingerprint density at radius 3 is 2.85 bits per heavy atom. The van der Waals surface area contributed by atoms with Crippen LogP contribution in [0.25, 0.3) is 0 Å². The molecule has 1 aliphatic rings. The molecule has 1 aromatic rings. The Labute approximate surface area is 118 Å².